The van der Waals surface area contributed by atoms with Crippen LogP contribution in [-0.2, 0) is 0 Å². The second kappa shape index (κ2) is 5.68. The molecule has 0 heterocycles. The molecule has 0 aromatic rings. The lowest BCUT2D eigenvalue weighted by atomic mass is 10.5. The van der Waals surface area contributed by atoms with Crippen molar-refractivity contribution in [1.29, 1.82) is 0 Å². The third-order valence-electron chi connectivity index (χ3n) is 0.311. The summed E-state index contributed by atoms with van der Waals surface area (Å²) in [6.45, 7) is 0. The van der Waals surface area contributed by atoms with E-state index in [0.717, 1.165) is 0 Å². The van der Waals surface area contributed by atoms with Gasteiger partial charge in [-0.3, -0.25) is 0 Å². The highest BCUT2D eigenvalue weighted by Gasteiger charge is 1.68. The summed E-state index contributed by atoms with van der Waals surface area (Å²) in [4.78, 5) is 0. The average Bonchev–Trinajstić information content (AvgIpc) is 1.81. The van der Waals surface area contributed by atoms with Crippen LogP contribution in [0, 0.1) is 36.0 Å². The summed E-state index contributed by atoms with van der Waals surface area (Å²) < 4.78 is 0. The van der Waals surface area contributed by atoms with Gasteiger partial charge >= 0.3 is 0 Å². The maximum atomic E-state index is 4.77. The summed E-state index contributed by atoms with van der Waals surface area (Å²) in [6, 6.07) is 0. The molecule has 0 atom stereocenters. The molecule has 0 radical (unpaired) electrons. The fraction of sp³-hybridized carbons (Fsp3) is 0. The molecule has 0 spiro atoms. The van der Waals surface area contributed by atoms with E-state index in [0.29, 0.717) is 0 Å². The van der Waals surface area contributed by atoms with E-state index >= 15 is 0 Å². The Balaban J connectivity index is 3.79. The highest BCUT2D eigenvalue weighted by molar-refractivity contribution is 7.79. The molecule has 34 valence electrons. The smallest absolute Gasteiger partial charge is 0.106 e. The van der Waals surface area contributed by atoms with Crippen molar-refractivity contribution in [2.24, 2.45) is 0 Å². The molecule has 0 rings (SSSR count). The molecule has 0 aromatic heterocycles. The molecule has 0 unspecified atom stereocenters. The monoisotopic (exact) mass is 117 g/mol. The topological polar surface area (TPSA) is 0 Å². The van der Waals surface area contributed by atoms with Gasteiger partial charge in [0.05, 0.1) is 0 Å². The lowest BCUT2D eigenvalue weighted by molar-refractivity contribution is 2.45. The zero-order valence-corrected chi connectivity index (χ0v) is 4.80. The minimum Gasteiger partial charge on any atom is -0.106 e. The molecule has 0 aliphatic heterocycles. The van der Waals surface area contributed by atoms with E-state index in [-0.39, 0.29) is 0 Å². The Morgan fingerprint density at radius 2 is 2.00 bits per heavy atom. The molecule has 0 bridgehead atoms. The van der Waals surface area contributed by atoms with Crippen LogP contribution in [-0.4, -0.2) is 5.37 Å². The average molecular weight is 117 g/mol. The molecule has 0 aliphatic rings. The Morgan fingerprint density at radius 1 is 1.25 bits per heavy atom. The van der Waals surface area contributed by atoms with Crippen molar-refractivity contribution in [3.05, 3.63) is 0 Å². The van der Waals surface area contributed by atoms with Gasteiger partial charge in [-0.15, -0.1) is 6.42 Å². The molecule has 0 fully saturated rings. The Hall–Kier alpha value is -1.32. The van der Waals surface area contributed by atoms with Gasteiger partial charge in [-0.2, -0.15) is 0 Å². The number of terminal acetylenes is 1. The molecule has 0 aromatic carbocycles. The molecular formula is C7HS+. The van der Waals surface area contributed by atoms with E-state index in [9.17, 15) is 0 Å². The summed E-state index contributed by atoms with van der Waals surface area (Å²) in [5.74, 6) is 11.5. The Bertz CT molecular complexity index is 221. The van der Waals surface area contributed by atoms with Crippen LogP contribution in [0.4, 0.5) is 0 Å². The first-order valence-corrected chi connectivity index (χ1v) is 2.15. The first-order valence-electron chi connectivity index (χ1n) is 1.74. The van der Waals surface area contributed by atoms with Gasteiger partial charge in [0.1, 0.15) is 18.1 Å². The van der Waals surface area contributed by atoms with Crippen LogP contribution in [0.25, 0.3) is 0 Å². The van der Waals surface area contributed by atoms with Gasteiger partial charge in [-0.05, 0) is 5.92 Å². The zero-order chi connectivity index (χ0) is 6.24. The van der Waals surface area contributed by atoms with Gasteiger partial charge in [0.2, 0.25) is 17.2 Å². The third-order valence-corrected chi connectivity index (χ3v) is 0.413. The fourth-order valence-corrected chi connectivity index (χ4v) is 0.175. The molecule has 1 heteroatoms. The molecule has 8 heavy (non-hydrogen) atoms. The molecule has 0 saturated heterocycles. The van der Waals surface area contributed by atoms with Crippen LogP contribution >= 0.6 is 12.2 Å². The SMILES string of the molecule is C#CC#CC#C[C+]=S. The number of thiocarbonyl (C=S) groups is 1. The molecule has 0 nitrogen and oxygen atoms in total. The first-order chi connectivity index (χ1) is 3.91. The summed E-state index contributed by atoms with van der Waals surface area (Å²) in [5.41, 5.74) is 0. The highest BCUT2D eigenvalue weighted by Crippen LogP contribution is 1.50. The zero-order valence-electron chi connectivity index (χ0n) is 3.99. The maximum absolute atomic E-state index is 4.77. The van der Waals surface area contributed by atoms with Crippen LogP contribution in [0.1, 0.15) is 0 Å². The lowest BCUT2D eigenvalue weighted by Gasteiger charge is -1.38. The van der Waals surface area contributed by atoms with Gasteiger partial charge in [-0.1, -0.05) is 0 Å². The largest absolute Gasteiger partial charge is 0.249 e. The van der Waals surface area contributed by atoms with Crippen LogP contribution in [0.5, 0.6) is 0 Å². The molecule has 0 amide bonds. The van der Waals surface area contributed by atoms with Crippen LogP contribution < -0.4 is 0 Å². The maximum Gasteiger partial charge on any atom is 0.249 e. The summed E-state index contributed by atoms with van der Waals surface area (Å²) in [6.07, 6.45) is 4.77. The van der Waals surface area contributed by atoms with E-state index in [4.69, 9.17) is 6.42 Å². The third kappa shape index (κ3) is 4.68. The number of hydrogen-bond acceptors (Lipinski definition) is 1. The van der Waals surface area contributed by atoms with Gasteiger partial charge in [0, 0.05) is 5.92 Å². The van der Waals surface area contributed by atoms with Crippen molar-refractivity contribution in [3.8, 4) is 36.0 Å². The van der Waals surface area contributed by atoms with Crippen LogP contribution in [0.2, 0.25) is 0 Å². The minimum absolute atomic E-state index is 2.10. The van der Waals surface area contributed by atoms with Crippen molar-refractivity contribution >= 4 is 17.6 Å². The molecule has 0 aliphatic carbocycles. The Kier molecular flexibility index (Phi) is 4.74. The standard InChI is InChI=1S/C7HS/c1-2-3-4-5-6-7-8/h1H/q+1. The highest BCUT2D eigenvalue weighted by atomic mass is 32.1. The lowest BCUT2D eigenvalue weighted by Crippen LogP contribution is -1.53. The number of hydrogen-bond donors (Lipinski definition) is 0. The van der Waals surface area contributed by atoms with E-state index < -0.39 is 0 Å². The van der Waals surface area contributed by atoms with E-state index in [1.807, 2.05) is 0 Å². The van der Waals surface area contributed by atoms with Gasteiger partial charge in [0.15, 0.2) is 0 Å². The Morgan fingerprint density at radius 3 is 2.50 bits per heavy atom. The molecular weight excluding hydrogens is 116 g/mol. The van der Waals surface area contributed by atoms with Gasteiger partial charge in [-0.25, -0.2) is 0 Å². The van der Waals surface area contributed by atoms with Crippen molar-refractivity contribution < 1.29 is 0 Å². The summed E-state index contributed by atoms with van der Waals surface area (Å²) in [5, 5.41) is 2.18. The van der Waals surface area contributed by atoms with E-state index in [1.165, 1.54) is 0 Å². The summed E-state index contributed by atoms with van der Waals surface area (Å²) >= 11 is 4.26. The van der Waals surface area contributed by atoms with Gasteiger partial charge in [0.25, 0.3) is 0 Å². The predicted molar refractivity (Wildman–Crippen MR) is 37.0 cm³/mol. The first kappa shape index (κ1) is 6.68. The van der Waals surface area contributed by atoms with Crippen molar-refractivity contribution in [3.63, 3.8) is 0 Å². The molecule has 0 N–H and O–H groups in total. The van der Waals surface area contributed by atoms with Crippen molar-refractivity contribution in [1.82, 2.24) is 0 Å². The van der Waals surface area contributed by atoms with Crippen LogP contribution in [0.15, 0.2) is 0 Å². The normalized spacial score (nSPS) is 3.38. The van der Waals surface area contributed by atoms with Crippen molar-refractivity contribution in [2.75, 3.05) is 0 Å². The molecule has 0 saturated carbocycles. The number of rotatable bonds is 0. The minimum atomic E-state index is 2.10. The van der Waals surface area contributed by atoms with Gasteiger partial charge < -0.3 is 0 Å². The quantitative estimate of drug-likeness (QED) is 0.253. The van der Waals surface area contributed by atoms with E-state index in [2.05, 4.69) is 47.2 Å². The fourth-order valence-electron chi connectivity index (χ4n) is 0.124. The Labute approximate surface area is 54.3 Å². The van der Waals surface area contributed by atoms with Crippen LogP contribution in [0.3, 0.4) is 0 Å². The van der Waals surface area contributed by atoms with Crippen molar-refractivity contribution in [2.45, 2.75) is 0 Å². The summed E-state index contributed by atoms with van der Waals surface area (Å²) in [7, 11) is 0. The second-order valence-electron chi connectivity index (χ2n) is 0.746. The van der Waals surface area contributed by atoms with E-state index in [1.54, 1.807) is 0 Å². The predicted octanol–water partition coefficient (Wildman–Crippen LogP) is 0.503. The second-order valence-corrected chi connectivity index (χ2v) is 0.951.